The van der Waals surface area contributed by atoms with Gasteiger partial charge in [-0.1, -0.05) is 41.1 Å². The van der Waals surface area contributed by atoms with Crippen LogP contribution in [0.1, 0.15) is 79.4 Å². The molecule has 0 radical (unpaired) electrons. The van der Waals surface area contributed by atoms with Gasteiger partial charge in [-0.2, -0.15) is 0 Å². The third-order valence-corrected chi connectivity index (χ3v) is 7.17. The van der Waals surface area contributed by atoms with E-state index in [2.05, 4.69) is 25.1 Å². The molecule has 2 heterocycles. The van der Waals surface area contributed by atoms with Gasteiger partial charge in [-0.3, -0.25) is 4.79 Å². The summed E-state index contributed by atoms with van der Waals surface area (Å²) in [6.07, 6.45) is 13.8. The number of cyclic esters (lactones) is 1. The van der Waals surface area contributed by atoms with Crippen LogP contribution in [0.4, 0.5) is 0 Å². The average Bonchev–Trinajstić information content (AvgIpc) is 2.80. The number of halogens is 1. The summed E-state index contributed by atoms with van der Waals surface area (Å²) in [7, 11) is 0. The second-order valence-electron chi connectivity index (χ2n) is 9.52. The first kappa shape index (κ1) is 27.0. The number of ether oxygens (including phenoxy) is 1. The molecule has 35 heavy (non-hydrogen) atoms. The van der Waals surface area contributed by atoms with Crippen molar-refractivity contribution in [1.29, 1.82) is 0 Å². The van der Waals surface area contributed by atoms with E-state index in [9.17, 15) is 9.59 Å². The Kier molecular flexibility index (Phi) is 9.96. The summed E-state index contributed by atoms with van der Waals surface area (Å²) < 4.78 is 5.54. The van der Waals surface area contributed by atoms with Crippen LogP contribution < -0.4 is 0 Å². The lowest BCUT2D eigenvalue weighted by molar-refractivity contribution is -0.142. The lowest BCUT2D eigenvalue weighted by Crippen LogP contribution is -2.48. The highest BCUT2D eigenvalue weighted by atomic mass is 35.5. The van der Waals surface area contributed by atoms with E-state index in [1.165, 1.54) is 0 Å². The Morgan fingerprint density at radius 1 is 1.11 bits per heavy atom. The summed E-state index contributed by atoms with van der Waals surface area (Å²) in [5, 5.41) is 4.83. The van der Waals surface area contributed by atoms with E-state index >= 15 is 0 Å². The minimum atomic E-state index is -0.391. The van der Waals surface area contributed by atoms with Gasteiger partial charge < -0.3 is 14.5 Å². The van der Waals surface area contributed by atoms with Gasteiger partial charge in [0.2, 0.25) is 0 Å². The third kappa shape index (κ3) is 7.20. The molecule has 1 amide bonds. The number of aryl methyl sites for hydroxylation is 2. The number of benzene rings is 1. The normalized spacial score (nSPS) is 24.8. The molecular weight excluding hydrogens is 464 g/mol. The topological polar surface area (TPSA) is 68.2 Å². The Morgan fingerprint density at radius 3 is 2.54 bits per heavy atom. The molecule has 0 aromatic heterocycles. The minimum absolute atomic E-state index is 0.0576. The second-order valence-corrected chi connectivity index (χ2v) is 9.89. The third-order valence-electron chi connectivity index (χ3n) is 6.65. The van der Waals surface area contributed by atoms with E-state index in [4.69, 9.17) is 21.2 Å². The van der Waals surface area contributed by atoms with Crippen molar-refractivity contribution in [1.82, 2.24) is 4.90 Å². The highest BCUT2D eigenvalue weighted by molar-refractivity contribution is 6.33. The number of esters is 1. The van der Waals surface area contributed by atoms with E-state index in [0.717, 1.165) is 43.2 Å². The number of allylic oxidation sites excluding steroid dienone is 3. The molecular formula is C28H37ClN2O4. The molecule has 7 heteroatoms. The van der Waals surface area contributed by atoms with Crippen molar-refractivity contribution in [2.75, 3.05) is 13.2 Å². The largest absolute Gasteiger partial charge is 0.462 e. The number of fused-ring (bicyclic) bond motifs is 1. The Bertz CT molecular complexity index is 1000. The Balaban J connectivity index is 1.87. The number of hydrogen-bond donors (Lipinski definition) is 0. The van der Waals surface area contributed by atoms with Crippen molar-refractivity contribution < 1.29 is 19.2 Å². The first-order valence-corrected chi connectivity index (χ1v) is 12.9. The number of hydrogen-bond acceptors (Lipinski definition) is 5. The molecule has 2 unspecified atom stereocenters. The van der Waals surface area contributed by atoms with Gasteiger partial charge in [-0.05, 0) is 89.0 Å². The molecule has 1 aromatic rings. The van der Waals surface area contributed by atoms with Crippen LogP contribution >= 0.6 is 11.6 Å². The highest BCUT2D eigenvalue weighted by Crippen LogP contribution is 2.29. The number of likely N-dealkylation sites (tertiary alicyclic amines) is 1. The first-order chi connectivity index (χ1) is 16.8. The van der Waals surface area contributed by atoms with Gasteiger partial charge >= 0.3 is 5.97 Å². The molecule has 0 aliphatic carbocycles. The van der Waals surface area contributed by atoms with Crippen molar-refractivity contribution in [3.63, 3.8) is 0 Å². The zero-order chi connectivity index (χ0) is 25.4. The van der Waals surface area contributed by atoms with Crippen LogP contribution in [0.5, 0.6) is 0 Å². The fourth-order valence-corrected chi connectivity index (χ4v) is 5.11. The van der Waals surface area contributed by atoms with Crippen LogP contribution in [0.15, 0.2) is 35.5 Å². The van der Waals surface area contributed by atoms with Crippen molar-refractivity contribution in [3.8, 4) is 0 Å². The molecule has 2 atom stereocenters. The maximum Gasteiger partial charge on any atom is 0.338 e. The minimum Gasteiger partial charge on any atom is -0.462 e. The highest BCUT2D eigenvalue weighted by Gasteiger charge is 2.29. The van der Waals surface area contributed by atoms with Crippen molar-refractivity contribution in [2.45, 2.75) is 84.7 Å². The number of oxime groups is 1. The molecule has 1 aromatic carbocycles. The zero-order valence-corrected chi connectivity index (χ0v) is 22.1. The number of piperidine rings is 1. The molecule has 2 aliphatic rings. The monoisotopic (exact) mass is 500 g/mol. The van der Waals surface area contributed by atoms with Gasteiger partial charge in [0.25, 0.3) is 5.91 Å². The van der Waals surface area contributed by atoms with Gasteiger partial charge in [0.1, 0.15) is 0 Å². The quantitative estimate of drug-likeness (QED) is 0.285. The second kappa shape index (κ2) is 12.9. The molecule has 2 aliphatic heterocycles. The van der Waals surface area contributed by atoms with E-state index < -0.39 is 5.97 Å². The zero-order valence-electron chi connectivity index (χ0n) is 21.3. The molecule has 6 nitrogen and oxygen atoms in total. The van der Waals surface area contributed by atoms with Gasteiger partial charge in [0.15, 0.2) is 6.61 Å². The van der Waals surface area contributed by atoms with Crippen LogP contribution in [0.2, 0.25) is 5.02 Å². The Labute approximate surface area is 214 Å². The average molecular weight is 501 g/mol. The first-order valence-electron chi connectivity index (χ1n) is 12.6. The predicted molar refractivity (Wildman–Crippen MR) is 140 cm³/mol. The van der Waals surface area contributed by atoms with Crippen LogP contribution in [-0.4, -0.2) is 47.8 Å². The summed E-state index contributed by atoms with van der Waals surface area (Å²) in [5.74, 6) is -0.449. The summed E-state index contributed by atoms with van der Waals surface area (Å²) >= 11 is 6.68. The van der Waals surface area contributed by atoms with Gasteiger partial charge in [0.05, 0.1) is 17.9 Å². The van der Waals surface area contributed by atoms with E-state index in [0.29, 0.717) is 41.3 Å². The smallest absolute Gasteiger partial charge is 0.338 e. The number of amides is 1. The fraction of sp³-hybridized carbons (Fsp3) is 0.536. The molecule has 0 bridgehead atoms. The SMILES string of the molecule is Cc1cc(C)c2c(c1Cl)CC(=N\OCC(=O)N1C(C)CCCC1C)/C=C/CC/C=C/CCOC2=O. The van der Waals surface area contributed by atoms with Crippen LogP contribution in [-0.2, 0) is 20.8 Å². The summed E-state index contributed by atoms with van der Waals surface area (Å²) in [5.41, 5.74) is 3.42. The van der Waals surface area contributed by atoms with Crippen LogP contribution in [0.25, 0.3) is 0 Å². The number of carbonyl (C=O) groups is 2. The molecule has 3 rings (SSSR count). The van der Waals surface area contributed by atoms with Crippen molar-refractivity contribution in [2.24, 2.45) is 5.16 Å². The fourth-order valence-electron chi connectivity index (χ4n) is 4.90. The van der Waals surface area contributed by atoms with Crippen LogP contribution in [0.3, 0.4) is 0 Å². The maximum absolute atomic E-state index is 13.0. The molecule has 190 valence electrons. The maximum atomic E-state index is 13.0. The standard InChI is InChI=1S/C28H37ClN2O4/c1-19-16-20(2)27(29)24-17-23(14-9-7-5-6-8-10-15-34-28(33)26(19)24)30-35-18-25(32)31-21(3)12-11-13-22(31)4/h6,8-9,14,16,21-22H,5,7,10-13,15,17-18H2,1-4H3/b8-6+,14-9+,30-23-. The van der Waals surface area contributed by atoms with Crippen molar-refractivity contribution in [3.05, 3.63) is 57.6 Å². The molecule has 0 spiro atoms. The van der Waals surface area contributed by atoms with E-state index in [-0.39, 0.29) is 24.6 Å². The molecule has 1 fully saturated rings. The van der Waals surface area contributed by atoms with Crippen LogP contribution in [0, 0.1) is 13.8 Å². The van der Waals surface area contributed by atoms with E-state index in [1.54, 1.807) is 0 Å². The predicted octanol–water partition coefficient (Wildman–Crippen LogP) is 6.11. The number of carbonyl (C=O) groups excluding carboxylic acids is 2. The number of rotatable bonds is 3. The van der Waals surface area contributed by atoms with Gasteiger partial charge in [-0.15, -0.1) is 0 Å². The van der Waals surface area contributed by atoms with Crippen molar-refractivity contribution >= 4 is 29.2 Å². The summed E-state index contributed by atoms with van der Waals surface area (Å²) in [4.78, 5) is 33.3. The number of nitrogens with zero attached hydrogens (tertiary/aromatic N) is 2. The Hall–Kier alpha value is -2.60. The van der Waals surface area contributed by atoms with E-state index in [1.807, 2.05) is 43.0 Å². The Morgan fingerprint density at radius 2 is 1.80 bits per heavy atom. The molecule has 0 N–H and O–H groups in total. The van der Waals surface area contributed by atoms with Gasteiger partial charge in [0, 0.05) is 23.5 Å². The molecule has 1 saturated heterocycles. The lowest BCUT2D eigenvalue weighted by atomic mass is 9.94. The summed E-state index contributed by atoms with van der Waals surface area (Å²) in [6, 6.07) is 2.30. The van der Waals surface area contributed by atoms with Gasteiger partial charge in [-0.25, -0.2) is 4.79 Å². The lowest BCUT2D eigenvalue weighted by Gasteiger charge is -2.38. The summed E-state index contributed by atoms with van der Waals surface area (Å²) in [6.45, 7) is 8.16. The molecule has 0 saturated carbocycles.